The average molecular weight is 395 g/mol. The number of aliphatic hydroxyl groups excluding tert-OH is 1. The third-order valence-corrected chi connectivity index (χ3v) is 6.18. The zero-order valence-corrected chi connectivity index (χ0v) is 17.5. The molecule has 2 atom stereocenters. The standard InChI is InChI=1S/C21H35ClN4O/c1-5-19(7-6-16(2)22)14-25-11-8-21(9-12-25)20(23)15-26(13-10-24-21)17(3)18(4)27/h5-7,17,20,24,27H,2,4,8-15,23H2,1,3H3/b7-6-,19-5+. The van der Waals surface area contributed by atoms with E-state index in [1.807, 2.05) is 19.1 Å². The predicted octanol–water partition coefficient (Wildman–Crippen LogP) is 2.77. The molecule has 2 fully saturated rings. The SMILES string of the molecule is C=C(Cl)/C=C\C(=C/C)CN1CCC2(CC1)NCCN(C(C)C(=C)O)CC2N. The predicted molar refractivity (Wildman–Crippen MR) is 115 cm³/mol. The number of allylic oxidation sites excluding steroid dienone is 3. The first-order valence-corrected chi connectivity index (χ1v) is 10.2. The van der Waals surface area contributed by atoms with Crippen molar-refractivity contribution >= 4 is 11.6 Å². The molecular weight excluding hydrogens is 360 g/mol. The normalized spacial score (nSPS) is 26.2. The van der Waals surface area contributed by atoms with Gasteiger partial charge in [0.05, 0.1) is 6.04 Å². The molecule has 0 aliphatic carbocycles. The van der Waals surface area contributed by atoms with Crippen molar-refractivity contribution in [2.75, 3.05) is 39.3 Å². The van der Waals surface area contributed by atoms with E-state index >= 15 is 0 Å². The van der Waals surface area contributed by atoms with Gasteiger partial charge < -0.3 is 16.2 Å². The largest absolute Gasteiger partial charge is 0.511 e. The van der Waals surface area contributed by atoms with Crippen LogP contribution in [0.5, 0.6) is 0 Å². The number of nitrogens with zero attached hydrogens (tertiary/aromatic N) is 2. The Morgan fingerprint density at radius 1 is 1.33 bits per heavy atom. The molecule has 0 aromatic heterocycles. The van der Waals surface area contributed by atoms with Gasteiger partial charge in [-0.15, -0.1) is 0 Å². The Morgan fingerprint density at radius 3 is 2.56 bits per heavy atom. The van der Waals surface area contributed by atoms with E-state index in [4.69, 9.17) is 17.3 Å². The summed E-state index contributed by atoms with van der Waals surface area (Å²) >= 11 is 5.83. The van der Waals surface area contributed by atoms with Crippen molar-refractivity contribution in [3.63, 3.8) is 0 Å². The summed E-state index contributed by atoms with van der Waals surface area (Å²) < 4.78 is 0. The quantitative estimate of drug-likeness (QED) is 0.477. The minimum absolute atomic E-state index is 0.0296. The van der Waals surface area contributed by atoms with Gasteiger partial charge in [-0.2, -0.15) is 0 Å². The molecule has 0 aromatic rings. The van der Waals surface area contributed by atoms with Crippen LogP contribution in [0.1, 0.15) is 26.7 Å². The summed E-state index contributed by atoms with van der Waals surface area (Å²) in [6.45, 7) is 16.9. The molecule has 6 heteroatoms. The van der Waals surface area contributed by atoms with Crippen molar-refractivity contribution in [3.8, 4) is 0 Å². The molecule has 152 valence electrons. The summed E-state index contributed by atoms with van der Waals surface area (Å²) in [7, 11) is 0. The molecule has 0 radical (unpaired) electrons. The minimum Gasteiger partial charge on any atom is -0.511 e. The van der Waals surface area contributed by atoms with Gasteiger partial charge in [0.15, 0.2) is 0 Å². The van der Waals surface area contributed by atoms with Crippen molar-refractivity contribution in [2.45, 2.75) is 44.3 Å². The van der Waals surface area contributed by atoms with Crippen LogP contribution in [0.4, 0.5) is 0 Å². The second-order valence-electron chi connectivity index (χ2n) is 7.77. The topological polar surface area (TPSA) is 64.8 Å². The Morgan fingerprint density at radius 2 is 2.00 bits per heavy atom. The highest BCUT2D eigenvalue weighted by Crippen LogP contribution is 2.28. The maximum Gasteiger partial charge on any atom is 0.102 e. The van der Waals surface area contributed by atoms with Crippen LogP contribution in [0, 0.1) is 0 Å². The van der Waals surface area contributed by atoms with E-state index in [1.54, 1.807) is 0 Å². The maximum absolute atomic E-state index is 9.74. The molecule has 0 aromatic carbocycles. The van der Waals surface area contributed by atoms with Crippen molar-refractivity contribution in [1.29, 1.82) is 0 Å². The Labute approximate surface area is 169 Å². The number of nitrogens with one attached hydrogen (secondary N) is 1. The summed E-state index contributed by atoms with van der Waals surface area (Å²) in [5, 5.41) is 14.0. The molecule has 0 saturated carbocycles. The summed E-state index contributed by atoms with van der Waals surface area (Å²) in [4.78, 5) is 4.69. The van der Waals surface area contributed by atoms with E-state index in [2.05, 4.69) is 41.3 Å². The molecule has 4 N–H and O–H groups in total. The number of nitrogens with two attached hydrogens (primary N) is 1. The fourth-order valence-electron chi connectivity index (χ4n) is 4.01. The molecule has 2 unspecified atom stereocenters. The molecule has 27 heavy (non-hydrogen) atoms. The lowest BCUT2D eigenvalue weighted by molar-refractivity contribution is 0.118. The average Bonchev–Trinajstić information content (AvgIpc) is 2.79. The van der Waals surface area contributed by atoms with Crippen LogP contribution in [0.2, 0.25) is 0 Å². The number of aliphatic hydroxyl groups is 1. The van der Waals surface area contributed by atoms with Gasteiger partial charge in [0, 0.05) is 55.9 Å². The lowest BCUT2D eigenvalue weighted by Gasteiger charge is -2.45. The van der Waals surface area contributed by atoms with E-state index in [-0.39, 0.29) is 23.4 Å². The number of rotatable bonds is 6. The maximum atomic E-state index is 9.74. The van der Waals surface area contributed by atoms with Gasteiger partial charge >= 0.3 is 0 Å². The molecular formula is C21H35ClN4O. The zero-order valence-electron chi connectivity index (χ0n) is 16.8. The van der Waals surface area contributed by atoms with E-state index < -0.39 is 0 Å². The highest BCUT2D eigenvalue weighted by molar-refractivity contribution is 6.30. The highest BCUT2D eigenvalue weighted by Gasteiger charge is 2.42. The fraction of sp³-hybridized carbons (Fsp3) is 0.619. The summed E-state index contributed by atoms with van der Waals surface area (Å²) in [5.41, 5.74) is 7.86. The Balaban J connectivity index is 1.95. The first-order valence-electron chi connectivity index (χ1n) is 9.80. The lowest BCUT2D eigenvalue weighted by Crippen LogP contribution is -2.64. The van der Waals surface area contributed by atoms with Crippen LogP contribution in [-0.2, 0) is 0 Å². The molecule has 2 aliphatic heterocycles. The molecule has 5 nitrogen and oxygen atoms in total. The van der Waals surface area contributed by atoms with Crippen molar-refractivity contribution in [2.24, 2.45) is 5.73 Å². The third-order valence-electron chi connectivity index (χ3n) is 6.05. The smallest absolute Gasteiger partial charge is 0.102 e. The van der Waals surface area contributed by atoms with E-state index in [1.165, 1.54) is 5.57 Å². The molecule has 2 saturated heterocycles. The molecule has 2 rings (SSSR count). The van der Waals surface area contributed by atoms with Crippen LogP contribution in [0.15, 0.2) is 47.8 Å². The van der Waals surface area contributed by atoms with E-state index in [0.717, 1.165) is 52.1 Å². The summed E-state index contributed by atoms with van der Waals surface area (Å²) in [6.07, 6.45) is 8.06. The molecule has 1 spiro atoms. The number of hydrogen-bond acceptors (Lipinski definition) is 5. The lowest BCUT2D eigenvalue weighted by atomic mass is 9.80. The first kappa shape index (κ1) is 22.2. The van der Waals surface area contributed by atoms with Crippen LogP contribution >= 0.6 is 11.6 Å². The second-order valence-corrected chi connectivity index (χ2v) is 8.26. The van der Waals surface area contributed by atoms with Gasteiger partial charge in [-0.05, 0) is 38.3 Å². The first-order chi connectivity index (χ1) is 12.8. The van der Waals surface area contributed by atoms with Crippen LogP contribution in [0.3, 0.4) is 0 Å². The highest BCUT2D eigenvalue weighted by atomic mass is 35.5. The zero-order chi connectivity index (χ0) is 20.0. The Kier molecular flexibility index (Phi) is 8.13. The number of hydrogen-bond donors (Lipinski definition) is 3. The summed E-state index contributed by atoms with van der Waals surface area (Å²) in [6, 6.07) is -0.0292. The third kappa shape index (κ3) is 5.93. The molecule has 0 amide bonds. The van der Waals surface area contributed by atoms with Gasteiger partial charge in [-0.3, -0.25) is 9.80 Å². The number of piperidine rings is 1. The van der Waals surface area contributed by atoms with Crippen molar-refractivity contribution < 1.29 is 5.11 Å². The number of halogens is 1. The van der Waals surface area contributed by atoms with E-state index in [9.17, 15) is 5.11 Å². The van der Waals surface area contributed by atoms with Crippen molar-refractivity contribution in [3.05, 3.63) is 47.8 Å². The van der Waals surface area contributed by atoms with Crippen molar-refractivity contribution in [1.82, 2.24) is 15.1 Å². The monoisotopic (exact) mass is 394 g/mol. The van der Waals surface area contributed by atoms with Gasteiger partial charge in [0.25, 0.3) is 0 Å². The second kappa shape index (κ2) is 9.89. The Hall–Kier alpha value is -1.11. The molecule has 2 aliphatic rings. The van der Waals surface area contributed by atoms with Crippen LogP contribution < -0.4 is 11.1 Å². The Bertz CT molecular complexity index is 593. The molecule has 2 heterocycles. The van der Waals surface area contributed by atoms with Gasteiger partial charge in [0.2, 0.25) is 0 Å². The van der Waals surface area contributed by atoms with Gasteiger partial charge in [-0.25, -0.2) is 0 Å². The number of likely N-dealkylation sites (tertiary alicyclic amines) is 1. The fourth-order valence-corrected chi connectivity index (χ4v) is 4.08. The molecule has 0 bridgehead atoms. The van der Waals surface area contributed by atoms with Gasteiger partial charge in [-0.1, -0.05) is 36.9 Å². The minimum atomic E-state index is -0.0613. The van der Waals surface area contributed by atoms with Gasteiger partial charge in [0.1, 0.15) is 5.76 Å². The van der Waals surface area contributed by atoms with Crippen LogP contribution in [-0.4, -0.2) is 71.8 Å². The van der Waals surface area contributed by atoms with E-state index in [0.29, 0.717) is 5.03 Å². The summed E-state index contributed by atoms with van der Waals surface area (Å²) in [5.74, 6) is 0.208. The van der Waals surface area contributed by atoms with Crippen LogP contribution in [0.25, 0.3) is 0 Å².